The Morgan fingerprint density at radius 1 is 1.00 bits per heavy atom. The number of carboxylic acid groups (broad SMARTS) is 1. The van der Waals surface area contributed by atoms with Crippen LogP contribution in [0.15, 0.2) is 11.1 Å². The number of carboxylic acids is 1. The molecule has 6 heteroatoms. The van der Waals surface area contributed by atoms with Crippen LogP contribution in [0.25, 0.3) is 0 Å². The molecule has 6 nitrogen and oxygen atoms in total. The van der Waals surface area contributed by atoms with Gasteiger partial charge in [0.15, 0.2) is 0 Å². The van der Waals surface area contributed by atoms with Crippen molar-refractivity contribution in [2.24, 2.45) is 16.7 Å². The summed E-state index contributed by atoms with van der Waals surface area (Å²) in [7, 11) is 0. The van der Waals surface area contributed by atoms with Crippen LogP contribution >= 0.6 is 0 Å². The van der Waals surface area contributed by atoms with Gasteiger partial charge in [-0.05, 0) is 30.6 Å². The van der Waals surface area contributed by atoms with Crippen molar-refractivity contribution in [3.63, 3.8) is 0 Å². The summed E-state index contributed by atoms with van der Waals surface area (Å²) < 4.78 is 0. The lowest BCUT2D eigenvalue weighted by Crippen LogP contribution is -2.41. The predicted molar refractivity (Wildman–Crippen MR) is 78.6 cm³/mol. The first-order chi connectivity index (χ1) is 9.42. The number of urea groups is 1. The standard InChI is InChI=1S/C15H24N2O4/c1-8(9(2)12(19)20)11(18)17-13(21)16-7-10-14(3,4)15(10,5)6/h10H,7H2,1-6H3,(H,19,20)(H2,16,17,18,21). The van der Waals surface area contributed by atoms with Gasteiger partial charge in [0.05, 0.1) is 0 Å². The van der Waals surface area contributed by atoms with Crippen LogP contribution in [0.1, 0.15) is 41.5 Å². The first-order valence-corrected chi connectivity index (χ1v) is 6.93. The van der Waals surface area contributed by atoms with E-state index in [4.69, 9.17) is 5.11 Å². The highest BCUT2D eigenvalue weighted by molar-refractivity contribution is 6.07. The van der Waals surface area contributed by atoms with E-state index < -0.39 is 17.9 Å². The summed E-state index contributed by atoms with van der Waals surface area (Å²) in [6.45, 7) is 11.8. The Labute approximate surface area is 125 Å². The fourth-order valence-electron chi connectivity index (χ4n) is 2.61. The summed E-state index contributed by atoms with van der Waals surface area (Å²) in [5.41, 5.74) is 0.245. The van der Waals surface area contributed by atoms with E-state index in [1.807, 2.05) is 0 Å². The SMILES string of the molecule is CC(C(=O)O)=C(C)C(=O)NC(=O)NCC1C(C)(C)C1(C)C. The molecule has 3 N–H and O–H groups in total. The molecule has 0 aromatic carbocycles. The van der Waals surface area contributed by atoms with Crippen molar-refractivity contribution in [3.05, 3.63) is 11.1 Å². The molecule has 0 bridgehead atoms. The van der Waals surface area contributed by atoms with Crippen LogP contribution < -0.4 is 10.6 Å². The first-order valence-electron chi connectivity index (χ1n) is 6.93. The molecule has 0 aromatic rings. The topological polar surface area (TPSA) is 95.5 Å². The van der Waals surface area contributed by atoms with Crippen molar-refractivity contribution in [1.82, 2.24) is 10.6 Å². The number of imide groups is 1. The number of hydrogen-bond acceptors (Lipinski definition) is 3. The van der Waals surface area contributed by atoms with Gasteiger partial charge in [-0.1, -0.05) is 27.7 Å². The van der Waals surface area contributed by atoms with Gasteiger partial charge in [0.2, 0.25) is 0 Å². The Balaban J connectivity index is 2.51. The van der Waals surface area contributed by atoms with E-state index in [2.05, 4.69) is 38.3 Å². The van der Waals surface area contributed by atoms with Crippen LogP contribution in [0, 0.1) is 16.7 Å². The van der Waals surface area contributed by atoms with Gasteiger partial charge in [-0.3, -0.25) is 10.1 Å². The number of nitrogens with one attached hydrogen (secondary N) is 2. The molecule has 0 aliphatic heterocycles. The van der Waals surface area contributed by atoms with Gasteiger partial charge in [-0.25, -0.2) is 9.59 Å². The highest BCUT2D eigenvalue weighted by Gasteiger charge is 2.64. The Morgan fingerprint density at radius 2 is 1.48 bits per heavy atom. The quantitative estimate of drug-likeness (QED) is 0.691. The van der Waals surface area contributed by atoms with Crippen molar-refractivity contribution in [2.45, 2.75) is 41.5 Å². The summed E-state index contributed by atoms with van der Waals surface area (Å²) in [4.78, 5) is 34.2. The molecule has 0 unspecified atom stereocenters. The molecule has 1 fully saturated rings. The second kappa shape index (κ2) is 5.50. The van der Waals surface area contributed by atoms with Crippen molar-refractivity contribution >= 4 is 17.9 Å². The Hall–Kier alpha value is -1.85. The van der Waals surface area contributed by atoms with Crippen molar-refractivity contribution in [1.29, 1.82) is 0 Å². The molecule has 21 heavy (non-hydrogen) atoms. The molecular formula is C15H24N2O4. The normalized spacial score (nSPS) is 20.3. The van der Waals surface area contributed by atoms with Gasteiger partial charge >= 0.3 is 12.0 Å². The van der Waals surface area contributed by atoms with E-state index in [9.17, 15) is 14.4 Å². The van der Waals surface area contributed by atoms with Gasteiger partial charge in [0, 0.05) is 17.7 Å². The van der Waals surface area contributed by atoms with Crippen LogP contribution in [-0.4, -0.2) is 29.6 Å². The second-order valence-electron chi connectivity index (χ2n) is 6.72. The molecule has 0 aromatic heterocycles. The van der Waals surface area contributed by atoms with Gasteiger partial charge in [-0.15, -0.1) is 0 Å². The van der Waals surface area contributed by atoms with E-state index in [1.54, 1.807) is 0 Å². The minimum absolute atomic E-state index is 0.0183. The number of hydrogen-bond donors (Lipinski definition) is 3. The monoisotopic (exact) mass is 296 g/mol. The molecule has 1 aliphatic carbocycles. The third-order valence-electron chi connectivity index (χ3n) is 5.24. The zero-order chi connectivity index (χ0) is 16.6. The second-order valence-corrected chi connectivity index (χ2v) is 6.72. The molecule has 0 saturated heterocycles. The van der Waals surface area contributed by atoms with Crippen molar-refractivity contribution in [2.75, 3.05) is 6.54 Å². The minimum atomic E-state index is -1.18. The van der Waals surface area contributed by atoms with Crippen molar-refractivity contribution in [3.8, 4) is 0 Å². The van der Waals surface area contributed by atoms with E-state index in [0.717, 1.165) is 0 Å². The lowest BCUT2D eigenvalue weighted by Gasteiger charge is -2.08. The number of amides is 3. The van der Waals surface area contributed by atoms with Crippen LogP contribution in [0.5, 0.6) is 0 Å². The van der Waals surface area contributed by atoms with E-state index in [1.165, 1.54) is 13.8 Å². The Morgan fingerprint density at radius 3 is 1.86 bits per heavy atom. The van der Waals surface area contributed by atoms with Gasteiger partial charge in [0.25, 0.3) is 5.91 Å². The lowest BCUT2D eigenvalue weighted by atomic mass is 10.0. The average molecular weight is 296 g/mol. The van der Waals surface area contributed by atoms with Gasteiger partial charge in [-0.2, -0.15) is 0 Å². The van der Waals surface area contributed by atoms with Crippen LogP contribution in [0.2, 0.25) is 0 Å². The highest BCUT2D eigenvalue weighted by Crippen LogP contribution is 2.67. The minimum Gasteiger partial charge on any atom is -0.478 e. The summed E-state index contributed by atoms with van der Waals surface area (Å²) in [5, 5.41) is 13.6. The molecule has 0 atom stereocenters. The van der Waals surface area contributed by atoms with Gasteiger partial charge < -0.3 is 10.4 Å². The summed E-state index contributed by atoms with van der Waals surface area (Å²) in [5.74, 6) is -1.52. The third-order valence-corrected chi connectivity index (χ3v) is 5.24. The van der Waals surface area contributed by atoms with Crippen LogP contribution in [-0.2, 0) is 9.59 Å². The molecule has 118 valence electrons. The zero-order valence-corrected chi connectivity index (χ0v) is 13.5. The third kappa shape index (κ3) is 3.25. The van der Waals surface area contributed by atoms with E-state index >= 15 is 0 Å². The number of carbonyl (C=O) groups excluding carboxylic acids is 2. The number of carbonyl (C=O) groups is 3. The molecule has 1 aliphatic rings. The fourth-order valence-corrected chi connectivity index (χ4v) is 2.61. The Bertz CT molecular complexity index is 504. The van der Waals surface area contributed by atoms with Crippen molar-refractivity contribution < 1.29 is 19.5 Å². The molecule has 0 radical (unpaired) electrons. The van der Waals surface area contributed by atoms with Gasteiger partial charge in [0.1, 0.15) is 0 Å². The largest absolute Gasteiger partial charge is 0.478 e. The summed E-state index contributed by atoms with van der Waals surface area (Å²) in [6, 6.07) is -0.601. The maximum Gasteiger partial charge on any atom is 0.331 e. The lowest BCUT2D eigenvalue weighted by molar-refractivity contribution is -0.133. The molecule has 0 spiro atoms. The average Bonchev–Trinajstić information content (AvgIpc) is 2.74. The van der Waals surface area contributed by atoms with E-state index in [-0.39, 0.29) is 22.0 Å². The molecular weight excluding hydrogens is 272 g/mol. The predicted octanol–water partition coefficient (Wildman–Crippen LogP) is 1.92. The number of aliphatic carboxylic acids is 1. The number of rotatable bonds is 4. The molecule has 1 rings (SSSR count). The molecule has 3 amide bonds. The summed E-state index contributed by atoms with van der Waals surface area (Å²) in [6.07, 6.45) is 0. The fraction of sp³-hybridized carbons (Fsp3) is 0.667. The Kier molecular flexibility index (Phi) is 4.51. The molecule has 0 heterocycles. The van der Waals surface area contributed by atoms with Crippen LogP contribution in [0.3, 0.4) is 0 Å². The maximum absolute atomic E-state index is 11.7. The smallest absolute Gasteiger partial charge is 0.331 e. The zero-order valence-electron chi connectivity index (χ0n) is 13.5. The summed E-state index contributed by atoms with van der Waals surface area (Å²) >= 11 is 0. The highest BCUT2D eigenvalue weighted by atomic mass is 16.4. The molecule has 1 saturated carbocycles. The van der Waals surface area contributed by atoms with E-state index in [0.29, 0.717) is 12.5 Å². The maximum atomic E-state index is 11.7. The first kappa shape index (κ1) is 17.2. The van der Waals surface area contributed by atoms with Crippen LogP contribution in [0.4, 0.5) is 4.79 Å².